The van der Waals surface area contributed by atoms with Crippen molar-refractivity contribution >= 4 is 29.5 Å². The van der Waals surface area contributed by atoms with Crippen molar-refractivity contribution in [1.29, 1.82) is 5.26 Å². The second-order valence-corrected chi connectivity index (χ2v) is 10.3. The SMILES string of the molecule is CCCCSCC(NC(=O)c1cccnc1)C(=O)NC(Cc1ccccc1)C(O)C(O)C(CC#N)NC(C)=O. The normalized spacial score (nSPS) is 14.6. The lowest BCUT2D eigenvalue weighted by atomic mass is 9.92. The Labute approximate surface area is 233 Å². The van der Waals surface area contributed by atoms with Gasteiger partial charge in [0.15, 0.2) is 0 Å². The zero-order valence-electron chi connectivity index (χ0n) is 22.2. The molecule has 0 saturated heterocycles. The van der Waals surface area contributed by atoms with E-state index in [0.717, 1.165) is 24.2 Å². The number of nitrogens with one attached hydrogen (secondary N) is 3. The summed E-state index contributed by atoms with van der Waals surface area (Å²) < 4.78 is 0. The largest absolute Gasteiger partial charge is 0.388 e. The summed E-state index contributed by atoms with van der Waals surface area (Å²) in [7, 11) is 0. The number of hydrogen-bond acceptors (Lipinski definition) is 8. The van der Waals surface area contributed by atoms with E-state index in [1.165, 1.54) is 24.9 Å². The van der Waals surface area contributed by atoms with Gasteiger partial charge in [-0.3, -0.25) is 19.4 Å². The first-order valence-electron chi connectivity index (χ1n) is 12.9. The van der Waals surface area contributed by atoms with Crippen molar-refractivity contribution in [2.24, 2.45) is 0 Å². The Kier molecular flexibility index (Phi) is 14.0. The Balaban J connectivity index is 2.27. The van der Waals surface area contributed by atoms with Crippen molar-refractivity contribution in [1.82, 2.24) is 20.9 Å². The number of aliphatic hydroxyl groups is 2. The average Bonchev–Trinajstić information content (AvgIpc) is 2.94. The molecule has 5 N–H and O–H groups in total. The minimum Gasteiger partial charge on any atom is -0.388 e. The van der Waals surface area contributed by atoms with Crippen molar-refractivity contribution in [3.63, 3.8) is 0 Å². The second kappa shape index (κ2) is 17.2. The van der Waals surface area contributed by atoms with Crippen molar-refractivity contribution in [2.45, 2.75) is 69.9 Å². The number of aromatic nitrogens is 1. The van der Waals surface area contributed by atoms with E-state index in [-0.39, 0.29) is 12.8 Å². The van der Waals surface area contributed by atoms with Crippen LogP contribution in [-0.2, 0) is 16.0 Å². The lowest BCUT2D eigenvalue weighted by Crippen LogP contribution is -2.59. The minimum atomic E-state index is -1.54. The van der Waals surface area contributed by atoms with E-state index in [1.807, 2.05) is 36.4 Å². The highest BCUT2D eigenvalue weighted by Crippen LogP contribution is 2.15. The topological polar surface area (TPSA) is 164 Å². The third-order valence-electron chi connectivity index (χ3n) is 5.97. The summed E-state index contributed by atoms with van der Waals surface area (Å²) in [6, 6.07) is 11.3. The van der Waals surface area contributed by atoms with Crippen LogP contribution in [0.25, 0.3) is 0 Å². The van der Waals surface area contributed by atoms with Gasteiger partial charge >= 0.3 is 0 Å². The number of pyridine rings is 1. The third-order valence-corrected chi connectivity index (χ3v) is 7.12. The molecular formula is C28H37N5O5S. The quantitative estimate of drug-likeness (QED) is 0.195. The maximum atomic E-state index is 13.5. The molecule has 5 unspecified atom stereocenters. The van der Waals surface area contributed by atoms with E-state index < -0.39 is 48.1 Å². The molecule has 0 aliphatic rings. The summed E-state index contributed by atoms with van der Waals surface area (Å²) in [6.45, 7) is 3.31. The van der Waals surface area contributed by atoms with Crippen LogP contribution in [-0.4, -0.2) is 74.8 Å². The summed E-state index contributed by atoms with van der Waals surface area (Å²) >= 11 is 1.53. The molecule has 0 saturated carbocycles. The fourth-order valence-electron chi connectivity index (χ4n) is 3.87. The molecule has 1 aromatic carbocycles. The molecule has 11 heteroatoms. The van der Waals surface area contributed by atoms with E-state index in [0.29, 0.717) is 11.3 Å². The van der Waals surface area contributed by atoms with Gasteiger partial charge in [-0.25, -0.2) is 0 Å². The maximum absolute atomic E-state index is 13.5. The molecule has 0 fully saturated rings. The monoisotopic (exact) mass is 555 g/mol. The smallest absolute Gasteiger partial charge is 0.253 e. The zero-order valence-corrected chi connectivity index (χ0v) is 23.1. The summed E-state index contributed by atoms with van der Waals surface area (Å²) in [5.41, 5.74) is 1.10. The number of benzene rings is 1. The number of amides is 3. The Morgan fingerprint density at radius 2 is 1.74 bits per heavy atom. The van der Waals surface area contributed by atoms with Gasteiger partial charge in [0.2, 0.25) is 11.8 Å². The molecule has 2 rings (SSSR count). The van der Waals surface area contributed by atoms with Crippen molar-refractivity contribution < 1.29 is 24.6 Å². The molecule has 0 aliphatic carbocycles. The van der Waals surface area contributed by atoms with E-state index in [2.05, 4.69) is 27.9 Å². The molecule has 0 bridgehead atoms. The van der Waals surface area contributed by atoms with Crippen LogP contribution in [0.5, 0.6) is 0 Å². The van der Waals surface area contributed by atoms with Crippen LogP contribution in [0.3, 0.4) is 0 Å². The summed E-state index contributed by atoms with van der Waals surface area (Å²) in [4.78, 5) is 41.9. The van der Waals surface area contributed by atoms with Crippen molar-refractivity contribution in [3.8, 4) is 6.07 Å². The Bertz CT molecular complexity index is 1080. The van der Waals surface area contributed by atoms with Gasteiger partial charge in [0, 0.05) is 25.1 Å². The van der Waals surface area contributed by atoms with Crippen LogP contribution in [0.1, 0.15) is 49.0 Å². The van der Waals surface area contributed by atoms with Gasteiger partial charge in [-0.1, -0.05) is 43.7 Å². The molecule has 39 heavy (non-hydrogen) atoms. The summed E-state index contributed by atoms with van der Waals surface area (Å²) in [5, 5.41) is 39.3. The highest BCUT2D eigenvalue weighted by molar-refractivity contribution is 7.99. The standard InChI is InChI=1S/C28H37N5O5S/c1-3-4-15-39-18-24(33-27(37)21-11-8-14-30-17-21)28(38)32-23(16-20-9-6-5-7-10-20)26(36)25(35)22(12-13-29)31-19(2)34/h5-11,14,17,22-26,35-36H,3-4,12,15-16,18H2,1-2H3,(H,31,34)(H,32,38)(H,33,37). The molecule has 2 aromatic rings. The molecule has 210 valence electrons. The number of carbonyl (C=O) groups is 3. The van der Waals surface area contributed by atoms with Crippen LogP contribution < -0.4 is 16.0 Å². The number of aliphatic hydroxyl groups excluding tert-OH is 2. The first kappa shape index (κ1) is 31.8. The number of unbranched alkanes of at least 4 members (excludes halogenated alkanes) is 1. The van der Waals surface area contributed by atoms with Crippen LogP contribution in [0.15, 0.2) is 54.9 Å². The summed E-state index contributed by atoms with van der Waals surface area (Å²) in [6.07, 6.45) is 1.77. The van der Waals surface area contributed by atoms with Gasteiger partial charge in [0.05, 0.1) is 30.1 Å². The predicted octanol–water partition coefficient (Wildman–Crippen LogP) is 1.58. The first-order chi connectivity index (χ1) is 18.8. The fraction of sp³-hybridized carbons (Fsp3) is 0.464. The van der Waals surface area contributed by atoms with Gasteiger partial charge in [-0.15, -0.1) is 0 Å². The lowest BCUT2D eigenvalue weighted by Gasteiger charge is -2.33. The Hall–Kier alpha value is -3.46. The van der Waals surface area contributed by atoms with Gasteiger partial charge < -0.3 is 26.2 Å². The van der Waals surface area contributed by atoms with Crippen LogP contribution in [0, 0.1) is 11.3 Å². The van der Waals surface area contributed by atoms with E-state index in [4.69, 9.17) is 5.26 Å². The molecule has 1 aromatic heterocycles. The van der Waals surface area contributed by atoms with Crippen LogP contribution in [0.4, 0.5) is 0 Å². The number of nitriles is 1. The fourth-order valence-corrected chi connectivity index (χ4v) is 5.00. The number of hydrogen-bond donors (Lipinski definition) is 5. The number of thioether (sulfide) groups is 1. The summed E-state index contributed by atoms with van der Waals surface area (Å²) in [5.74, 6) is -0.339. The molecule has 0 aliphatic heterocycles. The third kappa shape index (κ3) is 11.0. The molecule has 3 amide bonds. The predicted molar refractivity (Wildman–Crippen MR) is 150 cm³/mol. The van der Waals surface area contributed by atoms with Gasteiger partial charge in [-0.2, -0.15) is 17.0 Å². The van der Waals surface area contributed by atoms with Gasteiger partial charge in [0.25, 0.3) is 5.91 Å². The first-order valence-corrected chi connectivity index (χ1v) is 14.0. The number of carbonyl (C=O) groups excluding carboxylic acids is 3. The van der Waals surface area contributed by atoms with Crippen LogP contribution >= 0.6 is 11.8 Å². The molecule has 10 nitrogen and oxygen atoms in total. The molecule has 5 atom stereocenters. The maximum Gasteiger partial charge on any atom is 0.253 e. The Morgan fingerprint density at radius 3 is 2.36 bits per heavy atom. The molecule has 0 spiro atoms. The highest BCUT2D eigenvalue weighted by atomic mass is 32.2. The van der Waals surface area contributed by atoms with E-state index in [1.54, 1.807) is 18.3 Å². The molecule has 1 heterocycles. The van der Waals surface area contributed by atoms with Crippen LogP contribution in [0.2, 0.25) is 0 Å². The van der Waals surface area contributed by atoms with E-state index >= 15 is 0 Å². The van der Waals surface area contributed by atoms with E-state index in [9.17, 15) is 24.6 Å². The molecular weight excluding hydrogens is 518 g/mol. The van der Waals surface area contributed by atoms with Crippen molar-refractivity contribution in [2.75, 3.05) is 11.5 Å². The average molecular weight is 556 g/mol. The minimum absolute atomic E-state index is 0.163. The molecule has 0 radical (unpaired) electrons. The lowest BCUT2D eigenvalue weighted by molar-refractivity contribution is -0.126. The second-order valence-electron chi connectivity index (χ2n) is 9.15. The van der Waals surface area contributed by atoms with Gasteiger partial charge in [0.1, 0.15) is 18.2 Å². The Morgan fingerprint density at radius 1 is 1.03 bits per heavy atom. The number of rotatable bonds is 16. The van der Waals surface area contributed by atoms with Crippen molar-refractivity contribution in [3.05, 3.63) is 66.0 Å². The zero-order chi connectivity index (χ0) is 28.6. The highest BCUT2D eigenvalue weighted by Gasteiger charge is 2.35. The van der Waals surface area contributed by atoms with Gasteiger partial charge in [-0.05, 0) is 36.3 Å². The number of nitrogens with zero attached hydrogens (tertiary/aromatic N) is 2.